The lowest BCUT2D eigenvalue weighted by Gasteiger charge is -2.47. The normalized spacial score (nSPS) is 28.9. The van der Waals surface area contributed by atoms with Crippen LogP contribution in [0.1, 0.15) is 33.5 Å². The summed E-state index contributed by atoms with van der Waals surface area (Å²) in [5.74, 6) is 0. The molecule has 0 aliphatic carbocycles. The molecule has 10 atom stereocenters. The van der Waals surface area contributed by atoms with Crippen molar-refractivity contribution in [3.63, 3.8) is 0 Å². The van der Waals surface area contributed by atoms with Crippen LogP contribution in [0.2, 0.25) is 0 Å². The van der Waals surface area contributed by atoms with Gasteiger partial charge in [0, 0.05) is 7.11 Å². The lowest BCUT2D eigenvalue weighted by molar-refractivity contribution is -0.346. The first-order valence-corrected chi connectivity index (χ1v) is 20.0. The van der Waals surface area contributed by atoms with Crippen molar-refractivity contribution >= 4 is 0 Å². The molecule has 2 bridgehead atoms. The van der Waals surface area contributed by atoms with Crippen LogP contribution in [0.25, 0.3) is 0 Å². The average Bonchev–Trinajstić information content (AvgIpc) is 3.73. The maximum atomic E-state index is 11.4. The van der Waals surface area contributed by atoms with E-state index < -0.39 is 61.4 Å². The molecule has 2 fully saturated rings. The number of ether oxygens (including phenoxy) is 9. The van der Waals surface area contributed by atoms with E-state index in [4.69, 9.17) is 42.6 Å². The highest BCUT2D eigenvalue weighted by atomic mass is 16.7. The summed E-state index contributed by atoms with van der Waals surface area (Å²) < 4.78 is 59.9. The fourth-order valence-corrected chi connectivity index (χ4v) is 7.62. The van der Waals surface area contributed by atoms with Gasteiger partial charge in [0.1, 0.15) is 54.5 Å². The van der Waals surface area contributed by atoms with Gasteiger partial charge in [-0.05, 0) is 27.8 Å². The van der Waals surface area contributed by atoms with E-state index in [1.165, 1.54) is 7.11 Å². The van der Waals surface area contributed by atoms with Gasteiger partial charge < -0.3 is 52.8 Å². The van der Waals surface area contributed by atoms with Gasteiger partial charge in [-0.25, -0.2) is 4.68 Å². The molecule has 4 aromatic carbocycles. The lowest BCUT2D eigenvalue weighted by atomic mass is 9.97. The minimum absolute atomic E-state index is 0.0592. The van der Waals surface area contributed by atoms with Crippen LogP contribution in [0, 0.1) is 0 Å². The molecule has 2 N–H and O–H groups in total. The highest BCUT2D eigenvalue weighted by Crippen LogP contribution is 2.33. The van der Waals surface area contributed by atoms with Gasteiger partial charge in [-0.3, -0.25) is 0 Å². The molecule has 0 amide bonds. The second-order valence-electron chi connectivity index (χ2n) is 14.9. The molecule has 2 saturated heterocycles. The summed E-state index contributed by atoms with van der Waals surface area (Å²) in [6, 6.07) is 37.5. The zero-order chi connectivity index (χ0) is 40.4. The first-order chi connectivity index (χ1) is 29.0. The van der Waals surface area contributed by atoms with Crippen LogP contribution >= 0.6 is 0 Å². The van der Waals surface area contributed by atoms with Gasteiger partial charge in [0.2, 0.25) is 0 Å². The fourth-order valence-electron chi connectivity index (χ4n) is 7.62. The maximum Gasteiger partial charge on any atom is 0.187 e. The van der Waals surface area contributed by atoms with Crippen LogP contribution in [0.4, 0.5) is 0 Å². The molecule has 4 heterocycles. The Morgan fingerprint density at radius 1 is 0.661 bits per heavy atom. The van der Waals surface area contributed by atoms with Gasteiger partial charge in [0.25, 0.3) is 0 Å². The summed E-state index contributed by atoms with van der Waals surface area (Å²) in [5, 5.41) is 31.2. The van der Waals surface area contributed by atoms with E-state index in [1.54, 1.807) is 4.68 Å². The summed E-state index contributed by atoms with van der Waals surface area (Å²) >= 11 is 0. The molecule has 0 saturated carbocycles. The van der Waals surface area contributed by atoms with Gasteiger partial charge in [-0.1, -0.05) is 120 Å². The molecule has 8 rings (SSSR count). The van der Waals surface area contributed by atoms with Crippen molar-refractivity contribution in [1.82, 2.24) is 15.0 Å². The van der Waals surface area contributed by atoms with Crippen molar-refractivity contribution in [1.29, 1.82) is 0 Å². The minimum Gasteiger partial charge on any atom is -0.387 e. The third kappa shape index (κ3) is 10.5. The zero-order valence-electron chi connectivity index (χ0n) is 32.9. The standard InChI is InChI=1S/C45H51N3O11/c1-51-44-39(50)38(49)40-37(58-44)29-57-45-43(56-27-35-22-48(47-46-35)21-33-19-11-12-20-34(33)26-55-40)42(54-25-32-17-9-4-10-18-32)41(53-24-31-15-7-3-8-16-31)36(59-45)28-52-23-30-13-5-2-6-14-30/h2-20,22,36-45,49-50H,21,23-29H2,1H3/t36-,37-,38-,39-,40+,41-,42+,43-,44+,45+/m1/s1. The van der Waals surface area contributed by atoms with E-state index in [-0.39, 0.29) is 39.6 Å². The number of fused-ring (bicyclic) bond motifs is 5. The first kappa shape index (κ1) is 41.3. The van der Waals surface area contributed by atoms with E-state index in [0.29, 0.717) is 18.8 Å². The third-order valence-electron chi connectivity index (χ3n) is 10.7. The summed E-state index contributed by atoms with van der Waals surface area (Å²) in [4.78, 5) is 0. The van der Waals surface area contributed by atoms with Gasteiger partial charge in [0.15, 0.2) is 12.6 Å². The molecule has 0 spiro atoms. The first-order valence-electron chi connectivity index (χ1n) is 20.0. The van der Waals surface area contributed by atoms with Crippen molar-refractivity contribution in [2.75, 3.05) is 20.3 Å². The summed E-state index contributed by atoms with van der Waals surface area (Å²) in [5.41, 5.74) is 5.35. The minimum atomic E-state index is -1.37. The zero-order valence-corrected chi connectivity index (χ0v) is 32.9. The van der Waals surface area contributed by atoms with Crippen molar-refractivity contribution in [3.05, 3.63) is 155 Å². The fraction of sp³-hybridized carbons (Fsp3) is 0.422. The summed E-state index contributed by atoms with van der Waals surface area (Å²) in [6.07, 6.45) is -7.98. The number of hydrogen-bond donors (Lipinski definition) is 2. The number of benzene rings is 4. The van der Waals surface area contributed by atoms with Crippen LogP contribution in [0.15, 0.2) is 121 Å². The second kappa shape index (κ2) is 20.2. The number of rotatable bonds is 11. The molecule has 3 aliphatic rings. The Morgan fingerprint density at radius 3 is 1.95 bits per heavy atom. The number of aliphatic hydroxyl groups excluding tert-OH is 2. The van der Waals surface area contributed by atoms with Crippen LogP contribution in [0.3, 0.4) is 0 Å². The SMILES string of the molecule is CO[C@H]1O[C@@H]2CO[C@H]3O[C@H](COCc4ccccc4)[C@@H](OCc4ccccc4)[C@H](OCc4ccccc4)[C@H]3OCc3cn(nn3)Cc3ccccc3CO[C@@H]2[C@H](O)[C@H]1O. The smallest absolute Gasteiger partial charge is 0.187 e. The quantitative estimate of drug-likeness (QED) is 0.195. The maximum absolute atomic E-state index is 11.4. The summed E-state index contributed by atoms with van der Waals surface area (Å²) in [6.45, 7) is 1.47. The lowest BCUT2D eigenvalue weighted by Crippen LogP contribution is -2.63. The number of aliphatic hydroxyl groups is 2. The van der Waals surface area contributed by atoms with Crippen LogP contribution in [-0.4, -0.2) is 107 Å². The van der Waals surface area contributed by atoms with E-state index >= 15 is 0 Å². The number of aromatic nitrogens is 3. The van der Waals surface area contributed by atoms with Crippen LogP contribution < -0.4 is 0 Å². The monoisotopic (exact) mass is 809 g/mol. The van der Waals surface area contributed by atoms with Crippen molar-refractivity contribution in [2.45, 2.75) is 101 Å². The highest BCUT2D eigenvalue weighted by Gasteiger charge is 2.51. The van der Waals surface area contributed by atoms with Gasteiger partial charge in [-0.15, -0.1) is 5.10 Å². The van der Waals surface area contributed by atoms with Crippen molar-refractivity contribution in [3.8, 4) is 0 Å². The van der Waals surface area contributed by atoms with E-state index in [9.17, 15) is 10.2 Å². The molecule has 312 valence electrons. The Morgan fingerprint density at radius 2 is 1.27 bits per heavy atom. The van der Waals surface area contributed by atoms with E-state index in [0.717, 1.165) is 27.8 Å². The summed E-state index contributed by atoms with van der Waals surface area (Å²) in [7, 11) is 1.40. The highest BCUT2D eigenvalue weighted by molar-refractivity contribution is 5.27. The van der Waals surface area contributed by atoms with E-state index in [2.05, 4.69) is 10.3 Å². The van der Waals surface area contributed by atoms with Crippen LogP contribution in [0.5, 0.6) is 0 Å². The molecule has 1 aromatic heterocycles. The number of methoxy groups -OCH3 is 1. The Balaban J connectivity index is 1.14. The molecular weight excluding hydrogens is 759 g/mol. The van der Waals surface area contributed by atoms with Gasteiger partial charge >= 0.3 is 0 Å². The predicted molar refractivity (Wildman–Crippen MR) is 211 cm³/mol. The second-order valence-corrected chi connectivity index (χ2v) is 14.9. The Kier molecular flexibility index (Phi) is 14.2. The van der Waals surface area contributed by atoms with E-state index in [1.807, 2.05) is 121 Å². The molecule has 14 heteroatoms. The molecule has 0 radical (unpaired) electrons. The molecule has 14 nitrogen and oxygen atoms in total. The number of nitrogens with zero attached hydrogens (tertiary/aromatic N) is 3. The molecule has 0 unspecified atom stereocenters. The topological polar surface area (TPSA) is 154 Å². The third-order valence-corrected chi connectivity index (χ3v) is 10.7. The van der Waals surface area contributed by atoms with Crippen molar-refractivity contribution in [2.24, 2.45) is 0 Å². The average molecular weight is 810 g/mol. The largest absolute Gasteiger partial charge is 0.387 e. The molecule has 5 aromatic rings. The Bertz CT molecular complexity index is 2010. The van der Waals surface area contributed by atoms with Crippen molar-refractivity contribution < 1.29 is 52.8 Å². The number of hydrogen-bond acceptors (Lipinski definition) is 13. The van der Waals surface area contributed by atoms with Crippen LogP contribution in [-0.2, 0) is 82.2 Å². The van der Waals surface area contributed by atoms with Gasteiger partial charge in [-0.2, -0.15) is 0 Å². The van der Waals surface area contributed by atoms with Gasteiger partial charge in [0.05, 0.1) is 59.0 Å². The molecule has 3 aliphatic heterocycles. The molecular formula is C45H51N3O11. The Labute approximate surface area is 343 Å². The molecule has 59 heavy (non-hydrogen) atoms. The Hall–Kier alpha value is -4.42. The predicted octanol–water partition coefficient (Wildman–Crippen LogP) is 4.33.